The maximum Gasteiger partial charge on any atom is 0.227 e. The molecule has 0 aromatic heterocycles. The van der Waals surface area contributed by atoms with E-state index in [1.165, 1.54) is 38.9 Å². The normalized spacial score (nSPS) is 17.8. The van der Waals surface area contributed by atoms with Crippen LogP contribution in [-0.4, -0.2) is 56.0 Å². The Bertz CT molecular complexity index is 982. The van der Waals surface area contributed by atoms with Gasteiger partial charge in [0, 0.05) is 25.6 Å². The number of ether oxygens (including phenoxy) is 1. The molecule has 0 N–H and O–H groups in total. The molecule has 0 fully saturated rings. The second kappa shape index (κ2) is 9.04. The molecule has 2 aliphatic rings. The first kappa shape index (κ1) is 21.9. The van der Waals surface area contributed by atoms with E-state index in [1.807, 2.05) is 0 Å². The number of fused-ring (bicyclic) bond motifs is 2. The van der Waals surface area contributed by atoms with E-state index in [9.17, 15) is 4.79 Å². The number of hydrogen-bond donors (Lipinski definition) is 0. The van der Waals surface area contributed by atoms with E-state index >= 15 is 0 Å². The minimum absolute atomic E-state index is 0.280. The molecule has 1 amide bonds. The summed E-state index contributed by atoms with van der Waals surface area (Å²) in [5, 5.41) is 0. The summed E-state index contributed by atoms with van der Waals surface area (Å²) in [5.41, 5.74) is 9.33. The molecule has 166 valence electrons. The van der Waals surface area contributed by atoms with Gasteiger partial charge >= 0.3 is 0 Å². The summed E-state index contributed by atoms with van der Waals surface area (Å²) in [6.45, 7) is 10.2. The standard InChI is InChI=1S/C27H36N2O2/c1-18-11-21-7-10-29(27(30)16-22(21)12-19(18)2)9-6-8-28(4)17-24-14-23-15-26(31-5)20(3)13-25(23)24/h11-13,15,24H,6-10,14,16-17H2,1-5H3/t24-/m1/s1. The zero-order valence-electron chi connectivity index (χ0n) is 19.8. The van der Waals surface area contributed by atoms with Gasteiger partial charge in [0.1, 0.15) is 5.75 Å². The van der Waals surface area contributed by atoms with Gasteiger partial charge in [-0.3, -0.25) is 4.79 Å². The number of aryl methyl sites for hydroxylation is 3. The van der Waals surface area contributed by atoms with Crippen LogP contribution in [0, 0.1) is 20.8 Å². The Morgan fingerprint density at radius 1 is 1.03 bits per heavy atom. The maximum absolute atomic E-state index is 12.8. The lowest BCUT2D eigenvalue weighted by Gasteiger charge is -2.34. The fraction of sp³-hybridized carbons (Fsp3) is 0.519. The van der Waals surface area contributed by atoms with Gasteiger partial charge in [-0.15, -0.1) is 0 Å². The highest BCUT2D eigenvalue weighted by molar-refractivity contribution is 5.80. The summed E-state index contributed by atoms with van der Waals surface area (Å²) in [5.74, 6) is 1.90. The number of hydrogen-bond acceptors (Lipinski definition) is 3. The minimum atomic E-state index is 0.280. The van der Waals surface area contributed by atoms with Gasteiger partial charge in [0.05, 0.1) is 13.5 Å². The smallest absolute Gasteiger partial charge is 0.227 e. The van der Waals surface area contributed by atoms with Gasteiger partial charge in [-0.1, -0.05) is 18.2 Å². The van der Waals surface area contributed by atoms with Crippen molar-refractivity contribution < 1.29 is 9.53 Å². The van der Waals surface area contributed by atoms with Gasteiger partial charge < -0.3 is 14.5 Å². The molecule has 0 spiro atoms. The van der Waals surface area contributed by atoms with Crippen molar-refractivity contribution in [3.8, 4) is 5.75 Å². The molecule has 0 saturated heterocycles. The minimum Gasteiger partial charge on any atom is -0.496 e. The van der Waals surface area contributed by atoms with Crippen LogP contribution in [0.4, 0.5) is 0 Å². The van der Waals surface area contributed by atoms with Crippen molar-refractivity contribution in [1.29, 1.82) is 0 Å². The van der Waals surface area contributed by atoms with E-state index in [-0.39, 0.29) is 5.91 Å². The van der Waals surface area contributed by atoms with Gasteiger partial charge in [0.2, 0.25) is 5.91 Å². The zero-order chi connectivity index (χ0) is 22.1. The summed E-state index contributed by atoms with van der Waals surface area (Å²) >= 11 is 0. The topological polar surface area (TPSA) is 32.8 Å². The van der Waals surface area contributed by atoms with Crippen LogP contribution in [0.5, 0.6) is 5.75 Å². The van der Waals surface area contributed by atoms with E-state index in [0.29, 0.717) is 12.3 Å². The van der Waals surface area contributed by atoms with Crippen LogP contribution >= 0.6 is 0 Å². The fourth-order valence-electron chi connectivity index (χ4n) is 5.16. The average Bonchev–Trinajstić information content (AvgIpc) is 2.87. The monoisotopic (exact) mass is 420 g/mol. The van der Waals surface area contributed by atoms with Crippen molar-refractivity contribution in [2.45, 2.75) is 52.4 Å². The SMILES string of the molecule is COc1cc2c(cc1C)[C@@H](CN(C)CCCN1CCc3cc(C)c(C)cc3CC1=O)C2. The Kier molecular flexibility index (Phi) is 6.38. The van der Waals surface area contributed by atoms with E-state index in [1.54, 1.807) is 7.11 Å². The van der Waals surface area contributed by atoms with Crippen molar-refractivity contribution in [3.05, 3.63) is 63.2 Å². The molecule has 4 nitrogen and oxygen atoms in total. The first-order valence-electron chi connectivity index (χ1n) is 11.6. The van der Waals surface area contributed by atoms with Crippen molar-refractivity contribution in [3.63, 3.8) is 0 Å². The molecule has 2 aromatic rings. The van der Waals surface area contributed by atoms with Gasteiger partial charge in [0.25, 0.3) is 0 Å². The van der Waals surface area contributed by atoms with Crippen LogP contribution < -0.4 is 4.74 Å². The van der Waals surface area contributed by atoms with Crippen LogP contribution in [0.15, 0.2) is 24.3 Å². The molecule has 0 saturated carbocycles. The molecule has 0 unspecified atom stereocenters. The van der Waals surface area contributed by atoms with E-state index in [2.05, 4.69) is 61.9 Å². The number of nitrogens with zero attached hydrogens (tertiary/aromatic N) is 2. The quantitative estimate of drug-likeness (QED) is 0.673. The molecule has 1 heterocycles. The summed E-state index contributed by atoms with van der Waals surface area (Å²) in [4.78, 5) is 17.3. The highest BCUT2D eigenvalue weighted by atomic mass is 16.5. The largest absolute Gasteiger partial charge is 0.496 e. The average molecular weight is 421 g/mol. The third kappa shape index (κ3) is 4.64. The van der Waals surface area contributed by atoms with E-state index < -0.39 is 0 Å². The first-order valence-corrected chi connectivity index (χ1v) is 11.6. The molecule has 4 rings (SSSR count). The third-order valence-corrected chi connectivity index (χ3v) is 7.22. The van der Waals surface area contributed by atoms with E-state index in [4.69, 9.17) is 4.74 Å². The van der Waals surface area contributed by atoms with Crippen molar-refractivity contribution >= 4 is 5.91 Å². The number of amides is 1. The lowest BCUT2D eigenvalue weighted by atomic mass is 9.76. The van der Waals surface area contributed by atoms with Crippen molar-refractivity contribution in [2.75, 3.05) is 40.3 Å². The summed E-state index contributed by atoms with van der Waals surface area (Å²) in [6, 6.07) is 9.00. The Labute approximate surface area is 187 Å². The maximum atomic E-state index is 12.8. The van der Waals surface area contributed by atoms with Crippen molar-refractivity contribution in [2.24, 2.45) is 0 Å². The zero-order valence-corrected chi connectivity index (χ0v) is 19.8. The van der Waals surface area contributed by atoms with Crippen LogP contribution in [0.2, 0.25) is 0 Å². The molecule has 4 heteroatoms. The fourth-order valence-corrected chi connectivity index (χ4v) is 5.16. The van der Waals surface area contributed by atoms with Crippen LogP contribution in [0.1, 0.15) is 51.3 Å². The Balaban J connectivity index is 1.26. The molecule has 0 radical (unpaired) electrons. The van der Waals surface area contributed by atoms with Gasteiger partial charge in [-0.25, -0.2) is 0 Å². The number of methoxy groups -OCH3 is 1. The lowest BCUT2D eigenvalue weighted by molar-refractivity contribution is -0.130. The molecule has 0 bridgehead atoms. The number of carbonyl (C=O) groups is 1. The highest BCUT2D eigenvalue weighted by Gasteiger charge is 2.28. The number of rotatable bonds is 7. The molecule has 1 aliphatic heterocycles. The van der Waals surface area contributed by atoms with Gasteiger partial charge in [-0.05, 0) is 98.6 Å². The summed E-state index contributed by atoms with van der Waals surface area (Å²) in [6.07, 6.45) is 3.68. The van der Waals surface area contributed by atoms with Crippen LogP contribution in [0.3, 0.4) is 0 Å². The predicted molar refractivity (Wildman–Crippen MR) is 126 cm³/mol. The second-order valence-electron chi connectivity index (χ2n) is 9.55. The molecular formula is C27H36N2O2. The Morgan fingerprint density at radius 3 is 2.52 bits per heavy atom. The van der Waals surface area contributed by atoms with Crippen molar-refractivity contribution in [1.82, 2.24) is 9.80 Å². The number of carbonyl (C=O) groups excluding carboxylic acids is 1. The van der Waals surface area contributed by atoms with E-state index in [0.717, 1.165) is 51.2 Å². The lowest BCUT2D eigenvalue weighted by Crippen LogP contribution is -2.36. The molecule has 1 aliphatic carbocycles. The highest BCUT2D eigenvalue weighted by Crippen LogP contribution is 2.39. The number of likely N-dealkylation sites (N-methyl/N-ethyl adjacent to an activating group) is 1. The summed E-state index contributed by atoms with van der Waals surface area (Å²) in [7, 11) is 3.95. The first-order chi connectivity index (χ1) is 14.9. The molecule has 1 atom stereocenters. The Morgan fingerprint density at radius 2 is 1.77 bits per heavy atom. The molecule has 2 aromatic carbocycles. The predicted octanol–water partition coefficient (Wildman–Crippen LogP) is 4.21. The third-order valence-electron chi connectivity index (χ3n) is 7.22. The number of benzene rings is 2. The van der Waals surface area contributed by atoms with Crippen LogP contribution in [-0.2, 0) is 24.1 Å². The van der Waals surface area contributed by atoms with Gasteiger partial charge in [-0.2, -0.15) is 0 Å². The Hall–Kier alpha value is -2.33. The van der Waals surface area contributed by atoms with Crippen LogP contribution in [0.25, 0.3) is 0 Å². The van der Waals surface area contributed by atoms with Gasteiger partial charge in [0.15, 0.2) is 0 Å². The summed E-state index contributed by atoms with van der Waals surface area (Å²) < 4.78 is 5.45. The molecular weight excluding hydrogens is 384 g/mol. The second-order valence-corrected chi connectivity index (χ2v) is 9.55. The molecule has 31 heavy (non-hydrogen) atoms.